The lowest BCUT2D eigenvalue weighted by Crippen LogP contribution is -1.86. The summed E-state index contributed by atoms with van der Waals surface area (Å²) in [6.07, 6.45) is 3.00. The van der Waals surface area contributed by atoms with Crippen molar-refractivity contribution >= 4 is 0 Å². The van der Waals surface area contributed by atoms with E-state index in [9.17, 15) is 0 Å². The highest BCUT2D eigenvalue weighted by molar-refractivity contribution is 5.59. The Balaban J connectivity index is 2.37. The van der Waals surface area contributed by atoms with Gasteiger partial charge in [-0.3, -0.25) is 4.98 Å². The SMILES string of the molecule is CCc1ccc(-c2cccc(C)c2)nc1. The molecule has 1 aromatic carbocycles. The minimum absolute atomic E-state index is 1.04. The molecule has 1 aromatic heterocycles. The average molecular weight is 197 g/mol. The smallest absolute Gasteiger partial charge is 0.0702 e. The third kappa shape index (κ3) is 2.24. The van der Waals surface area contributed by atoms with Gasteiger partial charge in [0, 0.05) is 11.8 Å². The number of hydrogen-bond acceptors (Lipinski definition) is 1. The van der Waals surface area contributed by atoms with Crippen molar-refractivity contribution in [2.45, 2.75) is 20.3 Å². The summed E-state index contributed by atoms with van der Waals surface area (Å²) < 4.78 is 0. The summed E-state index contributed by atoms with van der Waals surface area (Å²) in [7, 11) is 0. The third-order valence-corrected chi connectivity index (χ3v) is 2.55. The van der Waals surface area contributed by atoms with Crippen LogP contribution in [0.3, 0.4) is 0 Å². The number of nitrogens with zero attached hydrogens (tertiary/aromatic N) is 1. The van der Waals surface area contributed by atoms with Gasteiger partial charge in [-0.15, -0.1) is 0 Å². The van der Waals surface area contributed by atoms with Crippen molar-refractivity contribution in [1.29, 1.82) is 0 Å². The van der Waals surface area contributed by atoms with Gasteiger partial charge < -0.3 is 0 Å². The molecular formula is C14H15N. The van der Waals surface area contributed by atoms with Crippen LogP contribution in [-0.4, -0.2) is 4.98 Å². The van der Waals surface area contributed by atoms with Gasteiger partial charge in [0.1, 0.15) is 0 Å². The number of pyridine rings is 1. The Morgan fingerprint density at radius 2 is 2.00 bits per heavy atom. The summed E-state index contributed by atoms with van der Waals surface area (Å²) in [5.74, 6) is 0. The fraction of sp³-hybridized carbons (Fsp3) is 0.214. The molecule has 2 aromatic rings. The maximum absolute atomic E-state index is 4.46. The molecule has 0 saturated heterocycles. The third-order valence-electron chi connectivity index (χ3n) is 2.55. The van der Waals surface area contributed by atoms with E-state index < -0.39 is 0 Å². The van der Waals surface area contributed by atoms with Crippen molar-refractivity contribution in [2.24, 2.45) is 0 Å². The second-order valence-electron chi connectivity index (χ2n) is 3.77. The van der Waals surface area contributed by atoms with Crippen molar-refractivity contribution in [3.63, 3.8) is 0 Å². The van der Waals surface area contributed by atoms with Crippen LogP contribution in [-0.2, 0) is 6.42 Å². The predicted molar refractivity (Wildman–Crippen MR) is 63.8 cm³/mol. The van der Waals surface area contributed by atoms with Crippen molar-refractivity contribution in [3.05, 3.63) is 53.7 Å². The summed E-state index contributed by atoms with van der Waals surface area (Å²) in [6.45, 7) is 4.24. The molecule has 0 radical (unpaired) electrons. The molecule has 0 fully saturated rings. The molecule has 1 nitrogen and oxygen atoms in total. The zero-order chi connectivity index (χ0) is 10.7. The maximum atomic E-state index is 4.46. The lowest BCUT2D eigenvalue weighted by atomic mass is 10.1. The van der Waals surface area contributed by atoms with Crippen LogP contribution in [0.5, 0.6) is 0 Å². The summed E-state index contributed by atoms with van der Waals surface area (Å²) in [5.41, 5.74) is 4.80. The number of aromatic nitrogens is 1. The van der Waals surface area contributed by atoms with Crippen molar-refractivity contribution < 1.29 is 0 Å². The minimum Gasteiger partial charge on any atom is -0.256 e. The minimum atomic E-state index is 1.04. The van der Waals surface area contributed by atoms with Gasteiger partial charge >= 0.3 is 0 Å². The highest BCUT2D eigenvalue weighted by Gasteiger charge is 1.98. The molecule has 0 aliphatic rings. The molecule has 0 atom stereocenters. The number of benzene rings is 1. The monoisotopic (exact) mass is 197 g/mol. The standard InChI is InChI=1S/C14H15N/c1-3-12-7-8-14(15-10-12)13-6-4-5-11(2)9-13/h4-10H,3H2,1-2H3. The second kappa shape index (κ2) is 4.26. The molecule has 0 N–H and O–H groups in total. The number of hydrogen-bond donors (Lipinski definition) is 0. The van der Waals surface area contributed by atoms with Crippen LogP contribution in [0.25, 0.3) is 11.3 Å². The first-order valence-electron chi connectivity index (χ1n) is 5.31. The Kier molecular flexibility index (Phi) is 2.82. The molecule has 76 valence electrons. The summed E-state index contributed by atoms with van der Waals surface area (Å²) in [6, 6.07) is 12.7. The maximum Gasteiger partial charge on any atom is 0.0702 e. The van der Waals surface area contributed by atoms with Gasteiger partial charge in [-0.1, -0.05) is 36.8 Å². The van der Waals surface area contributed by atoms with Crippen molar-refractivity contribution in [2.75, 3.05) is 0 Å². The lowest BCUT2D eigenvalue weighted by Gasteiger charge is -2.02. The molecule has 2 rings (SSSR count). The van der Waals surface area contributed by atoms with E-state index in [2.05, 4.69) is 55.2 Å². The molecule has 0 bridgehead atoms. The molecule has 15 heavy (non-hydrogen) atoms. The van der Waals surface area contributed by atoms with E-state index in [4.69, 9.17) is 0 Å². The van der Waals surface area contributed by atoms with Crippen molar-refractivity contribution in [3.8, 4) is 11.3 Å². The highest BCUT2D eigenvalue weighted by atomic mass is 14.7. The largest absolute Gasteiger partial charge is 0.256 e. The van der Waals surface area contributed by atoms with Crippen LogP contribution < -0.4 is 0 Å². The lowest BCUT2D eigenvalue weighted by molar-refractivity contribution is 1.11. The van der Waals surface area contributed by atoms with Crippen LogP contribution in [0.4, 0.5) is 0 Å². The zero-order valence-electron chi connectivity index (χ0n) is 9.20. The van der Waals surface area contributed by atoms with Crippen LogP contribution in [0.2, 0.25) is 0 Å². The van der Waals surface area contributed by atoms with E-state index in [0.717, 1.165) is 12.1 Å². The first-order valence-corrected chi connectivity index (χ1v) is 5.31. The summed E-state index contributed by atoms with van der Waals surface area (Å²) in [5, 5.41) is 0. The second-order valence-corrected chi connectivity index (χ2v) is 3.77. The van der Waals surface area contributed by atoms with Crippen LogP contribution in [0.15, 0.2) is 42.6 Å². The van der Waals surface area contributed by atoms with Gasteiger partial charge in [0.15, 0.2) is 0 Å². The van der Waals surface area contributed by atoms with Crippen LogP contribution in [0.1, 0.15) is 18.1 Å². The van der Waals surface area contributed by atoms with E-state index in [1.807, 2.05) is 6.20 Å². The molecule has 0 aliphatic carbocycles. The zero-order valence-corrected chi connectivity index (χ0v) is 9.20. The fourth-order valence-corrected chi connectivity index (χ4v) is 1.61. The van der Waals surface area contributed by atoms with E-state index >= 15 is 0 Å². The van der Waals surface area contributed by atoms with Gasteiger partial charge in [0.05, 0.1) is 5.69 Å². The Morgan fingerprint density at radius 3 is 2.60 bits per heavy atom. The normalized spacial score (nSPS) is 10.3. The van der Waals surface area contributed by atoms with E-state index in [-0.39, 0.29) is 0 Å². The predicted octanol–water partition coefficient (Wildman–Crippen LogP) is 3.62. The Hall–Kier alpha value is -1.63. The topological polar surface area (TPSA) is 12.9 Å². The van der Waals surface area contributed by atoms with Gasteiger partial charge in [0.25, 0.3) is 0 Å². The van der Waals surface area contributed by atoms with E-state index in [1.54, 1.807) is 0 Å². The Bertz CT molecular complexity index is 443. The molecule has 1 heteroatoms. The highest BCUT2D eigenvalue weighted by Crippen LogP contribution is 2.18. The first kappa shape index (κ1) is 9.91. The molecular weight excluding hydrogens is 182 g/mol. The van der Waals surface area contributed by atoms with Gasteiger partial charge in [-0.05, 0) is 31.0 Å². The van der Waals surface area contributed by atoms with Gasteiger partial charge in [-0.25, -0.2) is 0 Å². The van der Waals surface area contributed by atoms with Gasteiger partial charge in [0.2, 0.25) is 0 Å². The molecule has 0 saturated carbocycles. The molecule has 0 amide bonds. The Labute approximate surface area is 90.8 Å². The fourth-order valence-electron chi connectivity index (χ4n) is 1.61. The van der Waals surface area contributed by atoms with E-state index in [0.29, 0.717) is 0 Å². The molecule has 0 spiro atoms. The number of rotatable bonds is 2. The molecule has 0 aliphatic heterocycles. The first-order chi connectivity index (χ1) is 7.29. The van der Waals surface area contributed by atoms with Crippen molar-refractivity contribution in [1.82, 2.24) is 4.98 Å². The van der Waals surface area contributed by atoms with Crippen LogP contribution >= 0.6 is 0 Å². The quantitative estimate of drug-likeness (QED) is 0.716. The Morgan fingerprint density at radius 1 is 1.13 bits per heavy atom. The summed E-state index contributed by atoms with van der Waals surface area (Å²) in [4.78, 5) is 4.46. The molecule has 0 unspecified atom stereocenters. The van der Waals surface area contributed by atoms with Gasteiger partial charge in [-0.2, -0.15) is 0 Å². The number of aryl methyl sites for hydroxylation is 2. The van der Waals surface area contributed by atoms with E-state index in [1.165, 1.54) is 16.7 Å². The molecule has 1 heterocycles. The van der Waals surface area contributed by atoms with Crippen LogP contribution in [0, 0.1) is 6.92 Å². The average Bonchev–Trinajstić information content (AvgIpc) is 2.29. The summed E-state index contributed by atoms with van der Waals surface area (Å²) >= 11 is 0.